The Hall–Kier alpha value is -1.37. The molecule has 1 heterocycles. The molecule has 0 aromatic rings. The molecule has 0 aromatic heterocycles. The second kappa shape index (κ2) is 7.95. The van der Waals surface area contributed by atoms with Gasteiger partial charge in [0.2, 0.25) is 0 Å². The van der Waals surface area contributed by atoms with E-state index in [1.165, 1.54) is 0 Å². The molecule has 1 saturated carbocycles. The molecule has 1 amide bonds. The Kier molecular flexibility index (Phi) is 6.21. The predicted octanol–water partition coefficient (Wildman–Crippen LogP) is 1.44. The Balaban J connectivity index is 2.08. The highest BCUT2D eigenvalue weighted by molar-refractivity contribution is 5.86. The van der Waals surface area contributed by atoms with Crippen molar-refractivity contribution >= 4 is 5.91 Å². The molecule has 1 atom stereocenters. The first-order chi connectivity index (χ1) is 11.0. The lowest BCUT2D eigenvalue weighted by Crippen LogP contribution is -2.63. The van der Waals surface area contributed by atoms with Crippen molar-refractivity contribution in [3.63, 3.8) is 0 Å². The Bertz CT molecular complexity index is 452. The maximum atomic E-state index is 13.1. The number of carbonyl (C=O) groups is 1. The van der Waals surface area contributed by atoms with Crippen molar-refractivity contribution in [3.8, 4) is 0 Å². The third-order valence-electron chi connectivity index (χ3n) is 4.14. The minimum Gasteiger partial charge on any atom is -0.351 e. The average molecular weight is 323 g/mol. The van der Waals surface area contributed by atoms with Gasteiger partial charge in [-0.25, -0.2) is 0 Å². The van der Waals surface area contributed by atoms with Crippen molar-refractivity contribution in [2.24, 2.45) is 5.73 Å². The van der Waals surface area contributed by atoms with E-state index in [4.69, 9.17) is 15.2 Å². The molecule has 2 rings (SSSR count). The van der Waals surface area contributed by atoms with Crippen LogP contribution in [-0.4, -0.2) is 60.0 Å². The first-order valence-electron chi connectivity index (χ1n) is 8.43. The van der Waals surface area contributed by atoms with E-state index in [1.54, 1.807) is 6.92 Å². The fourth-order valence-electron chi connectivity index (χ4n) is 2.70. The zero-order chi connectivity index (χ0) is 16.9. The van der Waals surface area contributed by atoms with E-state index in [0.717, 1.165) is 12.8 Å². The summed E-state index contributed by atoms with van der Waals surface area (Å²) in [6.07, 6.45) is 9.34. The smallest absolute Gasteiger partial charge is 0.263 e. The lowest BCUT2D eigenvalue weighted by atomic mass is 10.1. The number of nitrogens with two attached hydrogens (primary N) is 1. The van der Waals surface area contributed by atoms with Crippen molar-refractivity contribution in [1.29, 1.82) is 0 Å². The summed E-state index contributed by atoms with van der Waals surface area (Å²) in [7, 11) is 0. The Morgan fingerprint density at radius 2 is 2.00 bits per heavy atom. The van der Waals surface area contributed by atoms with Crippen molar-refractivity contribution in [1.82, 2.24) is 9.80 Å². The van der Waals surface area contributed by atoms with Gasteiger partial charge in [-0.2, -0.15) is 0 Å². The monoisotopic (exact) mass is 323 g/mol. The zero-order valence-corrected chi connectivity index (χ0v) is 14.4. The molecule has 0 radical (unpaired) electrons. The second-order valence-corrected chi connectivity index (χ2v) is 6.10. The molecule has 1 unspecified atom stereocenters. The summed E-state index contributed by atoms with van der Waals surface area (Å²) < 4.78 is 11.2. The van der Waals surface area contributed by atoms with Crippen LogP contribution in [0.3, 0.4) is 0 Å². The average Bonchev–Trinajstić information content (AvgIpc) is 3.38. The Morgan fingerprint density at radius 1 is 1.35 bits per heavy atom. The van der Waals surface area contributed by atoms with Gasteiger partial charge in [-0.3, -0.25) is 4.79 Å². The Labute approximate surface area is 138 Å². The predicted molar refractivity (Wildman–Crippen MR) is 89.4 cm³/mol. The van der Waals surface area contributed by atoms with Gasteiger partial charge in [0.05, 0.1) is 6.54 Å². The zero-order valence-electron chi connectivity index (χ0n) is 14.4. The van der Waals surface area contributed by atoms with Crippen LogP contribution in [0, 0.1) is 0 Å². The van der Waals surface area contributed by atoms with Crippen LogP contribution in [0.25, 0.3) is 0 Å². The van der Waals surface area contributed by atoms with E-state index >= 15 is 0 Å². The van der Waals surface area contributed by atoms with E-state index in [-0.39, 0.29) is 11.9 Å². The second-order valence-electron chi connectivity index (χ2n) is 6.10. The fraction of sp³-hybridized carbons (Fsp3) is 0.706. The highest BCUT2D eigenvalue weighted by Crippen LogP contribution is 2.30. The molecule has 130 valence electrons. The molecule has 0 bridgehead atoms. The van der Waals surface area contributed by atoms with Crippen LogP contribution in [0.15, 0.2) is 24.4 Å². The third-order valence-corrected chi connectivity index (χ3v) is 4.14. The number of allylic oxidation sites excluding steroid dienone is 2. The number of amides is 1. The van der Waals surface area contributed by atoms with Gasteiger partial charge in [-0.1, -0.05) is 12.2 Å². The number of carbonyl (C=O) groups excluding carboxylic acids is 1. The third kappa shape index (κ3) is 4.56. The van der Waals surface area contributed by atoms with Crippen LogP contribution in [0.2, 0.25) is 0 Å². The fourth-order valence-corrected chi connectivity index (χ4v) is 2.70. The van der Waals surface area contributed by atoms with E-state index in [1.807, 2.05) is 48.1 Å². The topological polar surface area (TPSA) is 68.0 Å². The number of ether oxygens (including phenoxy) is 2. The van der Waals surface area contributed by atoms with E-state index in [2.05, 4.69) is 0 Å². The molecule has 1 aliphatic heterocycles. The first-order valence-corrected chi connectivity index (χ1v) is 8.43. The van der Waals surface area contributed by atoms with Gasteiger partial charge in [0.15, 0.2) is 12.0 Å². The van der Waals surface area contributed by atoms with Crippen LogP contribution < -0.4 is 5.73 Å². The maximum Gasteiger partial charge on any atom is 0.263 e. The molecule has 2 aliphatic rings. The Morgan fingerprint density at radius 3 is 2.48 bits per heavy atom. The molecule has 0 aromatic carbocycles. The quantitative estimate of drug-likeness (QED) is 0.650. The highest BCUT2D eigenvalue weighted by atomic mass is 16.7. The van der Waals surface area contributed by atoms with Crippen LogP contribution >= 0.6 is 0 Å². The highest BCUT2D eigenvalue weighted by Gasteiger charge is 2.43. The molecular formula is C17H29N3O3. The molecule has 23 heavy (non-hydrogen) atoms. The standard InChI is InChI=1S/C17H29N3O3/c1-4-22-15(23-5-2)13-20(14-9-10-14)16(21)17(3,18)19-11-7-6-8-12-19/h6-8,11,14-15H,4-5,9-10,12-13,18H2,1-3H3. The van der Waals surface area contributed by atoms with E-state index < -0.39 is 12.0 Å². The van der Waals surface area contributed by atoms with Gasteiger partial charge in [0.25, 0.3) is 5.91 Å². The van der Waals surface area contributed by atoms with Crippen LogP contribution in [0.1, 0.15) is 33.6 Å². The van der Waals surface area contributed by atoms with Crippen LogP contribution in [0.4, 0.5) is 0 Å². The summed E-state index contributed by atoms with van der Waals surface area (Å²) in [4.78, 5) is 16.8. The number of hydrogen-bond donors (Lipinski definition) is 1. The summed E-state index contributed by atoms with van der Waals surface area (Å²) in [5.41, 5.74) is 5.32. The lowest BCUT2D eigenvalue weighted by Gasteiger charge is -2.40. The molecule has 6 heteroatoms. The summed E-state index contributed by atoms with van der Waals surface area (Å²) in [6, 6.07) is 0.248. The molecular weight excluding hydrogens is 294 g/mol. The number of hydrogen-bond acceptors (Lipinski definition) is 5. The molecule has 6 nitrogen and oxygen atoms in total. The summed E-state index contributed by atoms with van der Waals surface area (Å²) in [6.45, 7) is 7.78. The van der Waals surface area contributed by atoms with Gasteiger partial charge in [0.1, 0.15) is 0 Å². The minimum atomic E-state index is -1.08. The van der Waals surface area contributed by atoms with Crippen LogP contribution in [-0.2, 0) is 14.3 Å². The molecule has 1 fully saturated rings. The van der Waals surface area contributed by atoms with Gasteiger partial charge in [0, 0.05) is 32.0 Å². The van der Waals surface area contributed by atoms with E-state index in [9.17, 15) is 4.79 Å². The van der Waals surface area contributed by atoms with E-state index in [0.29, 0.717) is 26.3 Å². The molecule has 1 aliphatic carbocycles. The lowest BCUT2D eigenvalue weighted by molar-refractivity contribution is -0.165. The molecule has 0 spiro atoms. The van der Waals surface area contributed by atoms with Crippen molar-refractivity contribution < 1.29 is 14.3 Å². The molecule has 0 saturated heterocycles. The largest absolute Gasteiger partial charge is 0.351 e. The van der Waals surface area contributed by atoms with Crippen molar-refractivity contribution in [2.45, 2.75) is 51.6 Å². The van der Waals surface area contributed by atoms with Gasteiger partial charge >= 0.3 is 0 Å². The maximum absolute atomic E-state index is 13.1. The van der Waals surface area contributed by atoms with Crippen molar-refractivity contribution in [2.75, 3.05) is 26.3 Å². The number of rotatable bonds is 9. The van der Waals surface area contributed by atoms with Gasteiger partial charge in [-0.05, 0) is 39.7 Å². The van der Waals surface area contributed by atoms with Crippen LogP contribution in [0.5, 0.6) is 0 Å². The minimum absolute atomic E-state index is 0.0793. The summed E-state index contributed by atoms with van der Waals surface area (Å²) >= 11 is 0. The van der Waals surface area contributed by atoms with Crippen molar-refractivity contribution in [3.05, 3.63) is 24.4 Å². The normalized spacial score (nSPS) is 20.0. The first kappa shape index (κ1) is 18.0. The van der Waals surface area contributed by atoms with Gasteiger partial charge in [-0.15, -0.1) is 0 Å². The summed E-state index contributed by atoms with van der Waals surface area (Å²) in [5, 5.41) is 0. The van der Waals surface area contributed by atoms with Gasteiger partial charge < -0.3 is 25.0 Å². The number of nitrogens with zero attached hydrogens (tertiary/aromatic N) is 2. The summed E-state index contributed by atoms with van der Waals surface area (Å²) in [5.74, 6) is -0.0793. The molecule has 2 N–H and O–H groups in total. The SMILES string of the molecule is CCOC(CN(C(=O)C(C)(N)N1C=CC=CC1)C1CC1)OCC.